The molecule has 1 nitrogen and oxygen atoms in total. The van der Waals surface area contributed by atoms with Gasteiger partial charge >= 0.3 is 0 Å². The highest BCUT2D eigenvalue weighted by molar-refractivity contribution is 4.97. The minimum Gasteiger partial charge on any atom is -0.393 e. The topological polar surface area (TPSA) is 20.2 Å². The van der Waals surface area contributed by atoms with E-state index in [1.54, 1.807) is 0 Å². The van der Waals surface area contributed by atoms with E-state index in [1.165, 1.54) is 19.3 Å². The van der Waals surface area contributed by atoms with Crippen molar-refractivity contribution in [3.8, 4) is 0 Å². The normalized spacial score (nSPS) is 22.4. The molecular weight excluding hydrogens is 256 g/mol. The van der Waals surface area contributed by atoms with Gasteiger partial charge in [0.05, 0.1) is 6.10 Å². The molecule has 0 spiro atoms. The summed E-state index contributed by atoms with van der Waals surface area (Å²) in [5.74, 6) is 3.23. The number of hydrogen-bond donors (Lipinski definition) is 1. The molecule has 1 heteroatoms. The summed E-state index contributed by atoms with van der Waals surface area (Å²) in [5, 5.41) is 10.8. The van der Waals surface area contributed by atoms with Crippen LogP contribution in [0, 0.1) is 35.0 Å². The van der Waals surface area contributed by atoms with Crippen LogP contribution in [-0.4, -0.2) is 11.2 Å². The zero-order chi connectivity index (χ0) is 16.8. The standard InChI is InChI=1S/C20H42O/c1-10-15(7)16(8)20(13-4,17(9)21)19(12-3)18(11-2)14(5)6/h14-19,21H,10-13H2,1-9H3. The largest absolute Gasteiger partial charge is 0.393 e. The maximum Gasteiger partial charge on any atom is 0.0573 e. The van der Waals surface area contributed by atoms with Crippen LogP contribution in [0.5, 0.6) is 0 Å². The lowest BCUT2D eigenvalue weighted by atomic mass is 9.54. The van der Waals surface area contributed by atoms with E-state index in [0.29, 0.717) is 29.6 Å². The Morgan fingerprint density at radius 1 is 0.810 bits per heavy atom. The maximum absolute atomic E-state index is 10.8. The van der Waals surface area contributed by atoms with Crippen LogP contribution in [0.1, 0.15) is 88.0 Å². The summed E-state index contributed by atoms with van der Waals surface area (Å²) in [5.41, 5.74) is 0.0507. The number of rotatable bonds is 10. The SMILES string of the molecule is CCC(C)C(C)C(CC)(C(C)O)C(CC)C(CC)C(C)C. The van der Waals surface area contributed by atoms with Crippen molar-refractivity contribution in [3.05, 3.63) is 0 Å². The smallest absolute Gasteiger partial charge is 0.0573 e. The first-order chi connectivity index (χ1) is 9.74. The fourth-order valence-electron chi connectivity index (χ4n) is 5.09. The highest BCUT2D eigenvalue weighted by Gasteiger charge is 2.48. The van der Waals surface area contributed by atoms with Gasteiger partial charge in [0.15, 0.2) is 0 Å². The Morgan fingerprint density at radius 2 is 1.33 bits per heavy atom. The van der Waals surface area contributed by atoms with E-state index < -0.39 is 0 Å². The van der Waals surface area contributed by atoms with E-state index in [4.69, 9.17) is 0 Å². The molecule has 0 aromatic carbocycles. The predicted molar refractivity (Wildman–Crippen MR) is 95.4 cm³/mol. The minimum absolute atomic E-state index is 0.0507. The number of aliphatic hydroxyl groups excluding tert-OH is 1. The molecule has 0 heterocycles. The van der Waals surface area contributed by atoms with E-state index in [1.807, 2.05) is 6.92 Å². The summed E-state index contributed by atoms with van der Waals surface area (Å²) >= 11 is 0. The van der Waals surface area contributed by atoms with Crippen molar-refractivity contribution < 1.29 is 5.11 Å². The fourth-order valence-corrected chi connectivity index (χ4v) is 5.09. The number of hydrogen-bond acceptors (Lipinski definition) is 1. The van der Waals surface area contributed by atoms with Gasteiger partial charge in [0.2, 0.25) is 0 Å². The van der Waals surface area contributed by atoms with Crippen LogP contribution in [0.25, 0.3) is 0 Å². The van der Waals surface area contributed by atoms with Gasteiger partial charge < -0.3 is 5.11 Å². The summed E-state index contributed by atoms with van der Waals surface area (Å²) < 4.78 is 0. The predicted octanol–water partition coefficient (Wildman–Crippen LogP) is 6.15. The molecule has 0 aromatic heterocycles. The van der Waals surface area contributed by atoms with E-state index >= 15 is 0 Å². The van der Waals surface area contributed by atoms with Crippen molar-refractivity contribution >= 4 is 0 Å². The zero-order valence-electron chi connectivity index (χ0n) is 16.2. The average molecular weight is 299 g/mol. The molecule has 0 rings (SSSR count). The molecule has 0 aliphatic carbocycles. The third kappa shape index (κ3) is 4.24. The van der Waals surface area contributed by atoms with Crippen LogP contribution in [-0.2, 0) is 0 Å². The molecule has 0 fully saturated rings. The van der Waals surface area contributed by atoms with E-state index in [0.717, 1.165) is 6.42 Å². The highest BCUT2D eigenvalue weighted by Crippen LogP contribution is 2.52. The van der Waals surface area contributed by atoms with Crippen LogP contribution >= 0.6 is 0 Å². The molecule has 0 bridgehead atoms. The molecule has 0 amide bonds. The first kappa shape index (κ1) is 21.0. The Balaban J connectivity index is 5.85. The van der Waals surface area contributed by atoms with Crippen LogP contribution in [0.4, 0.5) is 0 Å². The number of aliphatic hydroxyl groups is 1. The van der Waals surface area contributed by atoms with Gasteiger partial charge in [-0.25, -0.2) is 0 Å². The van der Waals surface area contributed by atoms with Crippen LogP contribution in [0.3, 0.4) is 0 Å². The van der Waals surface area contributed by atoms with E-state index in [9.17, 15) is 5.11 Å². The fraction of sp³-hybridized carbons (Fsp3) is 1.00. The van der Waals surface area contributed by atoms with E-state index in [2.05, 4.69) is 55.4 Å². The zero-order valence-corrected chi connectivity index (χ0v) is 16.2. The first-order valence-electron chi connectivity index (χ1n) is 9.42. The van der Waals surface area contributed by atoms with Gasteiger partial charge in [-0.3, -0.25) is 0 Å². The summed E-state index contributed by atoms with van der Waals surface area (Å²) in [4.78, 5) is 0. The second-order valence-corrected chi connectivity index (χ2v) is 7.65. The van der Waals surface area contributed by atoms with Gasteiger partial charge in [-0.15, -0.1) is 0 Å². The molecule has 0 radical (unpaired) electrons. The lowest BCUT2D eigenvalue weighted by molar-refractivity contribution is -0.0973. The van der Waals surface area contributed by atoms with Gasteiger partial charge in [-0.1, -0.05) is 74.7 Å². The molecule has 0 aromatic rings. The van der Waals surface area contributed by atoms with Gasteiger partial charge in [0.1, 0.15) is 0 Å². The first-order valence-corrected chi connectivity index (χ1v) is 9.42. The van der Waals surface area contributed by atoms with Crippen molar-refractivity contribution in [2.75, 3.05) is 0 Å². The van der Waals surface area contributed by atoms with Crippen LogP contribution < -0.4 is 0 Å². The van der Waals surface area contributed by atoms with Crippen molar-refractivity contribution in [3.63, 3.8) is 0 Å². The molecule has 0 saturated carbocycles. The summed E-state index contributed by atoms with van der Waals surface area (Å²) in [6.45, 7) is 20.7. The Bertz CT molecular complexity index is 271. The minimum atomic E-state index is -0.232. The molecular formula is C20H42O. The molecule has 21 heavy (non-hydrogen) atoms. The average Bonchev–Trinajstić information content (AvgIpc) is 2.45. The molecule has 6 unspecified atom stereocenters. The monoisotopic (exact) mass is 298 g/mol. The van der Waals surface area contributed by atoms with Crippen molar-refractivity contribution in [1.82, 2.24) is 0 Å². The van der Waals surface area contributed by atoms with Gasteiger partial charge in [-0.2, -0.15) is 0 Å². The summed E-state index contributed by atoms with van der Waals surface area (Å²) in [6, 6.07) is 0. The van der Waals surface area contributed by atoms with Crippen molar-refractivity contribution in [2.45, 2.75) is 94.1 Å². The molecule has 0 saturated heterocycles. The lowest BCUT2D eigenvalue weighted by Crippen LogP contribution is -2.50. The quantitative estimate of drug-likeness (QED) is 0.512. The Labute approximate surface area is 134 Å². The highest BCUT2D eigenvalue weighted by atomic mass is 16.3. The molecule has 0 aliphatic heterocycles. The van der Waals surface area contributed by atoms with Gasteiger partial charge in [0, 0.05) is 5.41 Å². The third-order valence-corrected chi connectivity index (χ3v) is 6.71. The third-order valence-electron chi connectivity index (χ3n) is 6.71. The molecule has 0 aliphatic rings. The molecule has 6 atom stereocenters. The Morgan fingerprint density at radius 3 is 1.57 bits per heavy atom. The molecule has 128 valence electrons. The summed E-state index contributed by atoms with van der Waals surface area (Å²) in [7, 11) is 0. The molecule has 1 N–H and O–H groups in total. The second-order valence-electron chi connectivity index (χ2n) is 7.65. The second kappa shape index (κ2) is 9.18. The maximum atomic E-state index is 10.8. The Hall–Kier alpha value is -0.0400. The van der Waals surface area contributed by atoms with Gasteiger partial charge in [0.25, 0.3) is 0 Å². The Kier molecular flexibility index (Phi) is 9.16. The van der Waals surface area contributed by atoms with Crippen LogP contribution in [0.2, 0.25) is 0 Å². The van der Waals surface area contributed by atoms with Gasteiger partial charge in [-0.05, 0) is 42.9 Å². The lowest BCUT2D eigenvalue weighted by Gasteiger charge is -2.52. The van der Waals surface area contributed by atoms with Crippen molar-refractivity contribution in [2.24, 2.45) is 35.0 Å². The van der Waals surface area contributed by atoms with Crippen molar-refractivity contribution in [1.29, 1.82) is 0 Å². The van der Waals surface area contributed by atoms with E-state index in [-0.39, 0.29) is 11.5 Å². The van der Waals surface area contributed by atoms with Crippen LogP contribution in [0.15, 0.2) is 0 Å². The summed E-state index contributed by atoms with van der Waals surface area (Å²) in [6.07, 6.45) is 4.44.